The van der Waals surface area contributed by atoms with Crippen molar-refractivity contribution in [2.24, 2.45) is 0 Å². The lowest BCUT2D eigenvalue weighted by Crippen LogP contribution is -2.27. The lowest BCUT2D eigenvalue weighted by Gasteiger charge is -2.21. The van der Waals surface area contributed by atoms with Crippen molar-refractivity contribution in [3.05, 3.63) is 34.9 Å². The van der Waals surface area contributed by atoms with Crippen LogP contribution in [0.15, 0.2) is 24.3 Å². The Balaban J connectivity index is 2.85. The third-order valence-electron chi connectivity index (χ3n) is 1.76. The number of nitriles is 1. The maximum Gasteiger partial charge on any atom is 0.186 e. The van der Waals surface area contributed by atoms with E-state index < -0.39 is 14.4 Å². The van der Waals surface area contributed by atoms with Crippen LogP contribution in [-0.2, 0) is 4.43 Å². The van der Waals surface area contributed by atoms with E-state index in [9.17, 15) is 0 Å². The van der Waals surface area contributed by atoms with Gasteiger partial charge < -0.3 is 4.43 Å². The summed E-state index contributed by atoms with van der Waals surface area (Å²) < 4.78 is 5.75. The van der Waals surface area contributed by atoms with Crippen molar-refractivity contribution in [3.8, 4) is 6.07 Å². The van der Waals surface area contributed by atoms with Gasteiger partial charge >= 0.3 is 0 Å². The molecular formula is C11H14ClNOSi. The van der Waals surface area contributed by atoms with Crippen LogP contribution in [0.2, 0.25) is 24.7 Å². The van der Waals surface area contributed by atoms with Gasteiger partial charge in [-0.05, 0) is 37.3 Å². The normalized spacial score (nSPS) is 13.3. The SMILES string of the molecule is C[Si](C)(C)OC(C#N)c1ccc(Cl)cc1. The van der Waals surface area contributed by atoms with E-state index in [2.05, 4.69) is 25.7 Å². The number of hydrogen-bond acceptors (Lipinski definition) is 2. The van der Waals surface area contributed by atoms with Crippen LogP contribution in [0.25, 0.3) is 0 Å². The number of halogens is 1. The fraction of sp³-hybridized carbons (Fsp3) is 0.364. The molecule has 15 heavy (non-hydrogen) atoms. The van der Waals surface area contributed by atoms with E-state index in [4.69, 9.17) is 21.3 Å². The molecule has 4 heteroatoms. The average molecular weight is 240 g/mol. The van der Waals surface area contributed by atoms with Crippen LogP contribution in [0.4, 0.5) is 0 Å². The van der Waals surface area contributed by atoms with Crippen molar-refractivity contribution < 1.29 is 4.43 Å². The molecule has 1 aromatic rings. The summed E-state index contributed by atoms with van der Waals surface area (Å²) in [5, 5.41) is 9.70. The highest BCUT2D eigenvalue weighted by Gasteiger charge is 2.21. The topological polar surface area (TPSA) is 33.0 Å². The molecule has 0 saturated carbocycles. The lowest BCUT2D eigenvalue weighted by molar-refractivity contribution is 0.255. The Kier molecular flexibility index (Phi) is 3.92. The van der Waals surface area contributed by atoms with E-state index in [1.165, 1.54) is 0 Å². The minimum absolute atomic E-state index is 0.478. The molecule has 0 aliphatic heterocycles. The van der Waals surface area contributed by atoms with Crippen LogP contribution in [0.3, 0.4) is 0 Å². The molecule has 1 rings (SSSR count). The molecule has 0 aromatic heterocycles. The maximum atomic E-state index is 9.03. The van der Waals surface area contributed by atoms with E-state index >= 15 is 0 Å². The molecule has 0 aliphatic carbocycles. The zero-order valence-corrected chi connectivity index (χ0v) is 10.9. The molecule has 0 aliphatic rings. The number of rotatable bonds is 3. The highest BCUT2D eigenvalue weighted by atomic mass is 35.5. The molecule has 0 spiro atoms. The maximum absolute atomic E-state index is 9.03. The van der Waals surface area contributed by atoms with Gasteiger partial charge in [-0.25, -0.2) is 0 Å². The van der Waals surface area contributed by atoms with Gasteiger partial charge in [-0.3, -0.25) is 0 Å². The van der Waals surface area contributed by atoms with Crippen molar-refractivity contribution in [3.63, 3.8) is 0 Å². The zero-order valence-electron chi connectivity index (χ0n) is 9.12. The fourth-order valence-corrected chi connectivity index (χ4v) is 2.18. The predicted octanol–water partition coefficient (Wildman–Crippen LogP) is 3.76. The van der Waals surface area contributed by atoms with Crippen molar-refractivity contribution in [1.29, 1.82) is 5.26 Å². The van der Waals surface area contributed by atoms with Crippen LogP contribution in [-0.4, -0.2) is 8.32 Å². The minimum Gasteiger partial charge on any atom is -0.399 e. The third kappa shape index (κ3) is 4.04. The summed E-state index contributed by atoms with van der Waals surface area (Å²) in [5.41, 5.74) is 0.865. The molecule has 0 saturated heterocycles. The van der Waals surface area contributed by atoms with Gasteiger partial charge in [-0.2, -0.15) is 5.26 Å². The summed E-state index contributed by atoms with van der Waals surface area (Å²) in [7, 11) is -1.69. The highest BCUT2D eigenvalue weighted by molar-refractivity contribution is 6.69. The Morgan fingerprint density at radius 2 is 1.80 bits per heavy atom. The Bertz CT molecular complexity index is 364. The van der Waals surface area contributed by atoms with E-state index in [-0.39, 0.29) is 0 Å². The first kappa shape index (κ1) is 12.2. The molecule has 0 radical (unpaired) electrons. The largest absolute Gasteiger partial charge is 0.399 e. The fourth-order valence-electron chi connectivity index (χ4n) is 1.16. The molecule has 0 fully saturated rings. The van der Waals surface area contributed by atoms with E-state index in [1.807, 2.05) is 12.1 Å². The average Bonchev–Trinajstić information content (AvgIpc) is 2.14. The van der Waals surface area contributed by atoms with Gasteiger partial charge in [0.25, 0.3) is 0 Å². The monoisotopic (exact) mass is 239 g/mol. The van der Waals surface area contributed by atoms with Crippen molar-refractivity contribution >= 4 is 19.9 Å². The molecule has 1 aromatic carbocycles. The first-order valence-corrected chi connectivity index (χ1v) is 8.54. The van der Waals surface area contributed by atoms with Crippen molar-refractivity contribution in [2.75, 3.05) is 0 Å². The molecule has 1 atom stereocenters. The van der Waals surface area contributed by atoms with Crippen LogP contribution >= 0.6 is 11.6 Å². The first-order valence-electron chi connectivity index (χ1n) is 4.75. The minimum atomic E-state index is -1.69. The lowest BCUT2D eigenvalue weighted by atomic mass is 10.1. The zero-order chi connectivity index (χ0) is 11.5. The number of hydrogen-bond donors (Lipinski definition) is 0. The second kappa shape index (κ2) is 4.80. The van der Waals surface area contributed by atoms with Crippen molar-refractivity contribution in [2.45, 2.75) is 25.7 Å². The molecule has 80 valence electrons. The van der Waals surface area contributed by atoms with Crippen LogP contribution in [0.5, 0.6) is 0 Å². The molecular weight excluding hydrogens is 226 g/mol. The summed E-state index contributed by atoms with van der Waals surface area (Å²) in [6.45, 7) is 6.19. The van der Waals surface area contributed by atoms with Gasteiger partial charge in [-0.15, -0.1) is 0 Å². The highest BCUT2D eigenvalue weighted by Crippen LogP contribution is 2.22. The summed E-state index contributed by atoms with van der Waals surface area (Å²) in [6.07, 6.45) is -0.478. The Labute approximate surface area is 96.6 Å². The van der Waals surface area contributed by atoms with Gasteiger partial charge in [0, 0.05) is 5.02 Å². The number of nitrogens with zero attached hydrogens (tertiary/aromatic N) is 1. The van der Waals surface area contributed by atoms with Gasteiger partial charge in [0.2, 0.25) is 0 Å². The molecule has 0 bridgehead atoms. The smallest absolute Gasteiger partial charge is 0.186 e. The molecule has 0 N–H and O–H groups in total. The third-order valence-corrected chi connectivity index (χ3v) is 2.96. The van der Waals surface area contributed by atoms with Crippen LogP contribution < -0.4 is 0 Å². The summed E-state index contributed by atoms with van der Waals surface area (Å²) in [6, 6.07) is 9.37. The second-order valence-corrected chi connectivity index (χ2v) is 9.19. The van der Waals surface area contributed by atoms with Gasteiger partial charge in [-0.1, -0.05) is 23.7 Å². The summed E-state index contributed by atoms with van der Waals surface area (Å²) in [4.78, 5) is 0. The second-order valence-electron chi connectivity index (χ2n) is 4.29. The number of benzene rings is 1. The summed E-state index contributed by atoms with van der Waals surface area (Å²) >= 11 is 5.78. The molecule has 0 amide bonds. The van der Waals surface area contributed by atoms with Crippen LogP contribution in [0.1, 0.15) is 11.7 Å². The van der Waals surface area contributed by atoms with Gasteiger partial charge in [0.1, 0.15) is 0 Å². The van der Waals surface area contributed by atoms with E-state index in [0.717, 1.165) is 5.56 Å². The van der Waals surface area contributed by atoms with E-state index in [0.29, 0.717) is 5.02 Å². The summed E-state index contributed by atoms with van der Waals surface area (Å²) in [5.74, 6) is 0. The van der Waals surface area contributed by atoms with E-state index in [1.54, 1.807) is 12.1 Å². The van der Waals surface area contributed by atoms with Crippen LogP contribution in [0, 0.1) is 11.3 Å². The molecule has 1 unspecified atom stereocenters. The molecule has 0 heterocycles. The quantitative estimate of drug-likeness (QED) is 0.753. The molecule has 2 nitrogen and oxygen atoms in total. The van der Waals surface area contributed by atoms with Gasteiger partial charge in [0.05, 0.1) is 6.07 Å². The first-order chi connectivity index (χ1) is 6.92. The predicted molar refractivity (Wildman–Crippen MR) is 64.2 cm³/mol. The van der Waals surface area contributed by atoms with Crippen molar-refractivity contribution in [1.82, 2.24) is 0 Å². The Hall–Kier alpha value is -0.823. The standard InChI is InChI=1S/C11H14ClNOSi/c1-15(2,3)14-11(8-13)9-4-6-10(12)7-5-9/h4-7,11H,1-3H3. The Morgan fingerprint density at radius 3 is 2.20 bits per heavy atom. The van der Waals surface area contributed by atoms with Gasteiger partial charge in [0.15, 0.2) is 14.4 Å². The Morgan fingerprint density at radius 1 is 1.27 bits per heavy atom.